The van der Waals surface area contributed by atoms with Crippen LogP contribution in [0.3, 0.4) is 0 Å². The SMILES string of the molecule is O=C1CC2(CCN(C(=O)c3ccc(F)cc3)CC2)NC(=O)[C@@H]2CCCN2C2CCN(CC2)C(=O)[C@@H](Cc2cn(Cc3cccnc3)nn2)N1. The summed E-state index contributed by atoms with van der Waals surface area (Å²) in [5.74, 6) is -1.22. The lowest BCUT2D eigenvalue weighted by Crippen LogP contribution is -2.63. The van der Waals surface area contributed by atoms with Crippen LogP contribution in [-0.4, -0.2) is 115 Å². The summed E-state index contributed by atoms with van der Waals surface area (Å²) in [5.41, 5.74) is 1.02. The van der Waals surface area contributed by atoms with Crippen LogP contribution in [0.25, 0.3) is 0 Å². The van der Waals surface area contributed by atoms with Crippen molar-refractivity contribution in [3.63, 3.8) is 0 Å². The molecule has 2 aromatic heterocycles. The van der Waals surface area contributed by atoms with Gasteiger partial charge in [0.05, 0.1) is 23.8 Å². The molecule has 1 spiro atoms. The van der Waals surface area contributed by atoms with Gasteiger partial charge in [0.2, 0.25) is 17.7 Å². The minimum atomic E-state index is -0.904. The fourth-order valence-electron chi connectivity index (χ4n) is 7.90. The van der Waals surface area contributed by atoms with Gasteiger partial charge in [-0.05, 0) is 81.0 Å². The van der Waals surface area contributed by atoms with Crippen molar-refractivity contribution >= 4 is 23.6 Å². The van der Waals surface area contributed by atoms with Crippen molar-refractivity contribution in [1.82, 2.24) is 45.3 Å². The third-order valence-corrected chi connectivity index (χ3v) is 10.5. The third kappa shape index (κ3) is 7.33. The number of pyridine rings is 1. The van der Waals surface area contributed by atoms with Crippen molar-refractivity contribution < 1.29 is 23.6 Å². The number of nitrogens with zero attached hydrogens (tertiary/aromatic N) is 7. The minimum absolute atomic E-state index is 0.0368. The first-order valence-electron chi connectivity index (χ1n) is 17.2. The summed E-state index contributed by atoms with van der Waals surface area (Å²) >= 11 is 0. The largest absolute Gasteiger partial charge is 0.349 e. The van der Waals surface area contributed by atoms with E-state index < -0.39 is 17.4 Å². The molecule has 14 heteroatoms. The lowest BCUT2D eigenvalue weighted by Gasteiger charge is -2.45. The highest BCUT2D eigenvalue weighted by molar-refractivity contribution is 5.94. The van der Waals surface area contributed by atoms with E-state index in [9.17, 15) is 23.6 Å². The van der Waals surface area contributed by atoms with Gasteiger partial charge in [-0.15, -0.1) is 5.10 Å². The standard InChI is InChI=1S/C35H42FN9O4/c36-26-7-5-25(6-8-26)33(48)43-17-11-35(12-18-43)20-31(46)38-29(19-27-23-44(41-40-27)22-24-3-1-13-37-21-24)34(49)42-15-9-28(10-16-42)45-14-2-4-30(45)32(47)39-35/h1,3,5-8,13,21,23,28-30H,2,4,9-12,14-20,22H2,(H,38,46)(H,39,47)/t29-,30+/m1/s1. The Hall–Kier alpha value is -4.72. The van der Waals surface area contributed by atoms with Gasteiger partial charge in [0.25, 0.3) is 5.91 Å². The summed E-state index contributed by atoms with van der Waals surface area (Å²) in [5, 5.41) is 14.9. The number of likely N-dealkylation sites (tertiary alicyclic amines) is 1. The Morgan fingerprint density at radius 1 is 0.980 bits per heavy atom. The highest BCUT2D eigenvalue weighted by Gasteiger charge is 2.45. The van der Waals surface area contributed by atoms with Crippen molar-refractivity contribution in [3.05, 3.63) is 77.6 Å². The van der Waals surface area contributed by atoms with Crippen LogP contribution in [0.2, 0.25) is 0 Å². The minimum Gasteiger partial charge on any atom is -0.349 e. The maximum absolute atomic E-state index is 14.0. The van der Waals surface area contributed by atoms with E-state index in [0.717, 1.165) is 37.8 Å². The van der Waals surface area contributed by atoms with E-state index in [4.69, 9.17) is 0 Å². The van der Waals surface area contributed by atoms with E-state index in [1.807, 2.05) is 17.0 Å². The molecule has 0 unspecified atom stereocenters. The molecule has 3 aromatic rings. The summed E-state index contributed by atoms with van der Waals surface area (Å²) in [4.78, 5) is 65.1. The van der Waals surface area contributed by atoms with Crippen molar-refractivity contribution in [1.29, 1.82) is 0 Å². The summed E-state index contributed by atoms with van der Waals surface area (Å²) in [7, 11) is 0. The molecule has 5 saturated heterocycles. The fraction of sp³-hybridized carbons (Fsp3) is 0.514. The number of halogens is 1. The van der Waals surface area contributed by atoms with Crippen LogP contribution in [0.1, 0.15) is 66.6 Å². The van der Waals surface area contributed by atoms with E-state index in [1.165, 1.54) is 24.3 Å². The monoisotopic (exact) mass is 671 g/mol. The normalized spacial score (nSPS) is 23.7. The van der Waals surface area contributed by atoms with Gasteiger partial charge in [-0.2, -0.15) is 0 Å². The van der Waals surface area contributed by atoms with Gasteiger partial charge in [0.15, 0.2) is 0 Å². The molecular formula is C35H42FN9O4. The second-order valence-electron chi connectivity index (χ2n) is 13.8. The van der Waals surface area contributed by atoms with Gasteiger partial charge in [-0.3, -0.25) is 29.1 Å². The molecule has 7 heterocycles. The van der Waals surface area contributed by atoms with Crippen LogP contribution in [0.4, 0.5) is 4.39 Å². The second-order valence-corrected chi connectivity index (χ2v) is 13.8. The predicted octanol–water partition coefficient (Wildman–Crippen LogP) is 1.54. The zero-order chi connectivity index (χ0) is 34.0. The molecule has 0 saturated carbocycles. The van der Waals surface area contributed by atoms with Crippen LogP contribution in [-0.2, 0) is 27.3 Å². The van der Waals surface area contributed by atoms with Crippen molar-refractivity contribution in [2.45, 2.75) is 81.6 Å². The van der Waals surface area contributed by atoms with Crippen LogP contribution < -0.4 is 10.6 Å². The number of nitrogens with one attached hydrogen (secondary N) is 2. The number of carbonyl (C=O) groups excluding carboxylic acids is 4. The zero-order valence-electron chi connectivity index (χ0n) is 27.5. The average molecular weight is 672 g/mol. The van der Waals surface area contributed by atoms with Crippen LogP contribution >= 0.6 is 0 Å². The molecule has 2 N–H and O–H groups in total. The van der Waals surface area contributed by atoms with Gasteiger partial charge >= 0.3 is 0 Å². The number of fused-ring (bicyclic) bond motifs is 7. The fourth-order valence-corrected chi connectivity index (χ4v) is 7.90. The van der Waals surface area contributed by atoms with Crippen LogP contribution in [0.15, 0.2) is 55.0 Å². The van der Waals surface area contributed by atoms with Gasteiger partial charge < -0.3 is 20.4 Å². The van der Waals surface area contributed by atoms with E-state index in [0.29, 0.717) is 56.8 Å². The number of carbonyl (C=O) groups is 4. The molecule has 2 atom stereocenters. The van der Waals surface area contributed by atoms with Gasteiger partial charge in [-0.1, -0.05) is 11.3 Å². The quantitative estimate of drug-likeness (QED) is 0.416. The second kappa shape index (κ2) is 14.0. The van der Waals surface area contributed by atoms with E-state index in [1.54, 1.807) is 28.2 Å². The first kappa shape index (κ1) is 32.8. The molecule has 5 fully saturated rings. The topological polar surface area (TPSA) is 146 Å². The molecule has 5 aliphatic heterocycles. The lowest BCUT2D eigenvalue weighted by atomic mass is 9.83. The Morgan fingerprint density at radius 3 is 2.49 bits per heavy atom. The van der Waals surface area contributed by atoms with Crippen molar-refractivity contribution in [2.24, 2.45) is 0 Å². The van der Waals surface area contributed by atoms with Crippen LogP contribution in [0, 0.1) is 5.82 Å². The number of aromatic nitrogens is 4. The molecule has 2 bridgehead atoms. The molecule has 0 aliphatic carbocycles. The molecular weight excluding hydrogens is 629 g/mol. The summed E-state index contributed by atoms with van der Waals surface area (Å²) in [6.45, 7) is 3.03. The summed E-state index contributed by atoms with van der Waals surface area (Å²) in [6.07, 6.45) is 9.27. The Bertz CT molecular complexity index is 1670. The molecule has 49 heavy (non-hydrogen) atoms. The van der Waals surface area contributed by atoms with Crippen molar-refractivity contribution in [2.75, 3.05) is 32.7 Å². The molecule has 4 amide bonds. The highest BCUT2D eigenvalue weighted by atomic mass is 19.1. The maximum atomic E-state index is 14.0. The number of piperidine rings is 2. The molecule has 8 rings (SSSR count). The predicted molar refractivity (Wildman–Crippen MR) is 175 cm³/mol. The first-order chi connectivity index (χ1) is 23.7. The number of benzene rings is 1. The van der Waals surface area contributed by atoms with Crippen molar-refractivity contribution in [3.8, 4) is 0 Å². The Balaban J connectivity index is 1.12. The maximum Gasteiger partial charge on any atom is 0.253 e. The molecule has 13 nitrogen and oxygen atoms in total. The number of hydrogen-bond acceptors (Lipinski definition) is 8. The average Bonchev–Trinajstić information content (AvgIpc) is 3.78. The molecule has 0 radical (unpaired) electrons. The number of rotatable bonds is 5. The summed E-state index contributed by atoms with van der Waals surface area (Å²) in [6, 6.07) is 8.29. The van der Waals surface area contributed by atoms with E-state index in [-0.39, 0.29) is 48.6 Å². The smallest absolute Gasteiger partial charge is 0.253 e. The highest BCUT2D eigenvalue weighted by Crippen LogP contribution is 2.31. The summed E-state index contributed by atoms with van der Waals surface area (Å²) < 4.78 is 15.2. The Kier molecular flexibility index (Phi) is 9.39. The van der Waals surface area contributed by atoms with E-state index in [2.05, 4.69) is 30.8 Å². The molecule has 258 valence electrons. The number of hydrogen-bond donors (Lipinski definition) is 2. The van der Waals surface area contributed by atoms with Gasteiger partial charge in [0.1, 0.15) is 11.9 Å². The molecule has 5 aliphatic rings. The third-order valence-electron chi connectivity index (χ3n) is 10.5. The Morgan fingerprint density at radius 2 is 1.76 bits per heavy atom. The first-order valence-corrected chi connectivity index (χ1v) is 17.2. The van der Waals surface area contributed by atoms with E-state index >= 15 is 0 Å². The van der Waals surface area contributed by atoms with Gasteiger partial charge in [-0.25, -0.2) is 9.07 Å². The Labute approximate surface area is 284 Å². The zero-order valence-corrected chi connectivity index (χ0v) is 27.5. The van der Waals surface area contributed by atoms with Gasteiger partial charge in [0, 0.05) is 69.2 Å². The molecule has 1 aromatic carbocycles. The van der Waals surface area contributed by atoms with Crippen LogP contribution in [0.5, 0.6) is 0 Å². The lowest BCUT2D eigenvalue weighted by molar-refractivity contribution is -0.140. The number of amides is 4.